The quantitative estimate of drug-likeness (QED) is 0.302. The maximum Gasteiger partial charge on any atom is 0.343 e. The number of benzene rings is 2. The normalized spacial score (nSPS) is 42.0. The zero-order valence-corrected chi connectivity index (χ0v) is 23.8. The summed E-state index contributed by atoms with van der Waals surface area (Å²) in [4.78, 5) is 26.7. The topological polar surface area (TPSA) is 94.6 Å². The van der Waals surface area contributed by atoms with Gasteiger partial charge in [0.2, 0.25) is 0 Å². The Hall–Kier alpha value is -3.33. The summed E-state index contributed by atoms with van der Waals surface area (Å²) in [7, 11) is 0. The molecule has 2 aromatic carbocycles. The SMILES string of the molecule is CC(C)[C@]12O[C@H]1C[C@@]1(O)[C@@]3(C)CCC4=C(/C(=C(\OC(=O)c5ccccc5)c5ccccc5)OC4=O)[C@@H]3C3C[C@@]1(O3)C2F. The first kappa shape index (κ1) is 26.3. The molecule has 4 heterocycles. The number of cyclic esters (lactones) is 1. The molecule has 8 heteroatoms. The number of hydrogen-bond donors (Lipinski definition) is 1. The van der Waals surface area contributed by atoms with Gasteiger partial charge in [-0.25, -0.2) is 14.0 Å². The maximum absolute atomic E-state index is 16.5. The average molecular weight is 573 g/mol. The van der Waals surface area contributed by atoms with Crippen LogP contribution in [0.25, 0.3) is 5.76 Å². The third kappa shape index (κ3) is 3.00. The first-order chi connectivity index (χ1) is 20.1. The molecule has 2 saturated carbocycles. The van der Waals surface area contributed by atoms with E-state index in [0.29, 0.717) is 41.5 Å². The predicted octanol–water partition coefficient (Wildman–Crippen LogP) is 5.29. The molecule has 218 valence electrons. The summed E-state index contributed by atoms with van der Waals surface area (Å²) in [6.07, 6.45) is -0.933. The van der Waals surface area contributed by atoms with Gasteiger partial charge in [-0.3, -0.25) is 0 Å². The number of rotatable bonds is 4. The molecule has 2 bridgehead atoms. The second-order valence-electron chi connectivity index (χ2n) is 13.2. The van der Waals surface area contributed by atoms with Gasteiger partial charge in [0.15, 0.2) is 17.7 Å². The zero-order chi connectivity index (χ0) is 29.2. The van der Waals surface area contributed by atoms with Crippen LogP contribution >= 0.6 is 0 Å². The number of alkyl halides is 1. The number of aliphatic hydroxyl groups is 1. The van der Waals surface area contributed by atoms with Crippen LogP contribution in [0.1, 0.15) is 62.4 Å². The largest absolute Gasteiger partial charge is 0.419 e. The number of allylic oxidation sites excluding steroid dienone is 1. The molecular weight excluding hydrogens is 539 g/mol. The standard InChI is InChI=1S/C34H33FO7/c1-18(2)34-23(42-34)17-33(38)31(3)15-14-21-24(25(31)22-16-32(33,41-22)30(34)35)27(40-29(21)37)26(19-10-6-4-7-11-19)39-28(36)20-12-8-5-9-13-20/h4-13,18,22-23,25,30,38H,14-17H2,1-3H3/b27-26+/t22?,23-,25-,30?,31-,32+,33+,34-/m0/s1. The van der Waals surface area contributed by atoms with Crippen LogP contribution in [-0.2, 0) is 23.7 Å². The molecule has 1 spiro atoms. The molecule has 9 rings (SSSR count). The lowest BCUT2D eigenvalue weighted by Crippen LogP contribution is -2.86. The van der Waals surface area contributed by atoms with Gasteiger partial charge >= 0.3 is 11.9 Å². The number of ether oxygens (including phenoxy) is 4. The van der Waals surface area contributed by atoms with Crippen LogP contribution in [-0.4, -0.2) is 52.2 Å². The third-order valence-corrected chi connectivity index (χ3v) is 11.2. The van der Waals surface area contributed by atoms with Gasteiger partial charge in [0, 0.05) is 40.9 Å². The van der Waals surface area contributed by atoms with E-state index in [1.54, 1.807) is 36.4 Å². The highest BCUT2D eigenvalue weighted by Crippen LogP contribution is 2.76. The maximum atomic E-state index is 16.5. The van der Waals surface area contributed by atoms with Crippen molar-refractivity contribution in [3.63, 3.8) is 0 Å². The Balaban J connectivity index is 1.26. The molecule has 0 aromatic heterocycles. The van der Waals surface area contributed by atoms with Crippen molar-refractivity contribution in [1.29, 1.82) is 0 Å². The molecule has 4 aliphatic heterocycles. The van der Waals surface area contributed by atoms with E-state index in [9.17, 15) is 14.7 Å². The summed E-state index contributed by atoms with van der Waals surface area (Å²) < 4.78 is 41.0. The van der Waals surface area contributed by atoms with E-state index in [-0.39, 0.29) is 23.9 Å². The second-order valence-corrected chi connectivity index (χ2v) is 13.2. The Kier molecular flexibility index (Phi) is 5.26. The van der Waals surface area contributed by atoms with Crippen molar-refractivity contribution in [2.24, 2.45) is 17.3 Å². The molecule has 0 amide bonds. The van der Waals surface area contributed by atoms with Crippen LogP contribution in [0.3, 0.4) is 0 Å². The smallest absolute Gasteiger partial charge is 0.343 e. The first-order valence-electron chi connectivity index (χ1n) is 14.8. The van der Waals surface area contributed by atoms with Gasteiger partial charge in [0.05, 0.1) is 17.8 Å². The Bertz CT molecular complexity index is 1580. The van der Waals surface area contributed by atoms with Crippen molar-refractivity contribution >= 4 is 17.7 Å². The highest BCUT2D eigenvalue weighted by molar-refractivity contribution is 5.99. The molecule has 1 N–H and O–H groups in total. The second kappa shape index (κ2) is 8.40. The summed E-state index contributed by atoms with van der Waals surface area (Å²) >= 11 is 0. The molecular formula is C34H33FO7. The number of fused-ring (bicyclic) bond motifs is 1. The summed E-state index contributed by atoms with van der Waals surface area (Å²) in [5.74, 6) is -1.32. The van der Waals surface area contributed by atoms with Crippen LogP contribution in [0.15, 0.2) is 77.6 Å². The Morgan fingerprint density at radius 3 is 2.31 bits per heavy atom. The number of carbonyl (C=O) groups is 2. The van der Waals surface area contributed by atoms with Crippen LogP contribution in [0.5, 0.6) is 0 Å². The molecule has 2 aromatic rings. The fourth-order valence-corrected chi connectivity index (χ4v) is 9.00. The van der Waals surface area contributed by atoms with Gasteiger partial charge in [-0.1, -0.05) is 69.3 Å². The van der Waals surface area contributed by atoms with E-state index in [1.165, 1.54) is 0 Å². The minimum absolute atomic E-state index is 0.0617. The predicted molar refractivity (Wildman–Crippen MR) is 148 cm³/mol. The first-order valence-corrected chi connectivity index (χ1v) is 14.8. The minimum atomic E-state index is -1.53. The molecule has 2 unspecified atom stereocenters. The Morgan fingerprint density at radius 1 is 1.02 bits per heavy atom. The van der Waals surface area contributed by atoms with E-state index in [1.807, 2.05) is 45.0 Å². The van der Waals surface area contributed by atoms with E-state index >= 15 is 4.39 Å². The Labute approximate surface area is 243 Å². The number of halogens is 1. The number of esters is 2. The third-order valence-electron chi connectivity index (χ3n) is 11.2. The number of carbonyl (C=O) groups excluding carboxylic acids is 2. The van der Waals surface area contributed by atoms with Gasteiger partial charge in [0.25, 0.3) is 0 Å². The highest BCUT2D eigenvalue weighted by atomic mass is 19.1. The van der Waals surface area contributed by atoms with E-state index in [0.717, 1.165) is 0 Å². The van der Waals surface area contributed by atoms with Gasteiger partial charge in [-0.05, 0) is 30.9 Å². The summed E-state index contributed by atoms with van der Waals surface area (Å²) in [6.45, 7) is 5.89. The summed E-state index contributed by atoms with van der Waals surface area (Å²) in [5, 5.41) is 12.6. The summed E-state index contributed by atoms with van der Waals surface area (Å²) in [5.41, 5.74) is -2.66. The van der Waals surface area contributed by atoms with Gasteiger partial charge in [-0.15, -0.1) is 0 Å². The molecule has 3 aliphatic carbocycles. The van der Waals surface area contributed by atoms with Crippen molar-refractivity contribution in [1.82, 2.24) is 0 Å². The minimum Gasteiger partial charge on any atom is -0.419 e. The lowest BCUT2D eigenvalue weighted by Gasteiger charge is -2.74. The Morgan fingerprint density at radius 2 is 1.67 bits per heavy atom. The van der Waals surface area contributed by atoms with Crippen molar-refractivity contribution < 1.29 is 38.0 Å². The highest BCUT2D eigenvalue weighted by Gasteiger charge is 2.88. The lowest BCUT2D eigenvalue weighted by atomic mass is 9.40. The fraction of sp³-hybridized carbons (Fsp3) is 0.471. The van der Waals surface area contributed by atoms with Crippen molar-refractivity contribution in [2.45, 2.75) is 81.6 Å². The molecule has 7 aliphatic rings. The number of hydrogen-bond acceptors (Lipinski definition) is 7. The van der Waals surface area contributed by atoms with Crippen molar-refractivity contribution in [2.75, 3.05) is 0 Å². The van der Waals surface area contributed by atoms with Crippen LogP contribution in [0, 0.1) is 17.3 Å². The fourth-order valence-electron chi connectivity index (χ4n) is 9.00. The van der Waals surface area contributed by atoms with E-state index in [2.05, 4.69) is 0 Å². The molecule has 8 atom stereocenters. The van der Waals surface area contributed by atoms with E-state index in [4.69, 9.17) is 18.9 Å². The van der Waals surface area contributed by atoms with Crippen LogP contribution in [0.4, 0.5) is 4.39 Å². The van der Waals surface area contributed by atoms with E-state index < -0.39 is 58.5 Å². The number of epoxide rings is 1. The summed E-state index contributed by atoms with van der Waals surface area (Å²) in [6, 6.07) is 17.7. The van der Waals surface area contributed by atoms with Gasteiger partial charge in [0.1, 0.15) is 16.8 Å². The van der Waals surface area contributed by atoms with Gasteiger partial charge in [-0.2, -0.15) is 0 Å². The molecule has 42 heavy (non-hydrogen) atoms. The molecule has 7 nitrogen and oxygen atoms in total. The van der Waals surface area contributed by atoms with Gasteiger partial charge < -0.3 is 24.1 Å². The molecule has 5 fully saturated rings. The van der Waals surface area contributed by atoms with Crippen molar-refractivity contribution in [3.8, 4) is 0 Å². The lowest BCUT2D eigenvalue weighted by molar-refractivity contribution is -0.412. The average Bonchev–Trinajstić information content (AvgIpc) is 3.61. The monoisotopic (exact) mass is 572 g/mol. The zero-order valence-electron chi connectivity index (χ0n) is 23.8. The van der Waals surface area contributed by atoms with Crippen molar-refractivity contribution in [3.05, 3.63) is 88.7 Å². The molecule has 0 radical (unpaired) electrons. The van der Waals surface area contributed by atoms with Crippen LogP contribution in [0.2, 0.25) is 0 Å². The van der Waals surface area contributed by atoms with Crippen LogP contribution < -0.4 is 0 Å². The molecule has 3 saturated heterocycles.